The molecule has 1 amide bonds. The quantitative estimate of drug-likeness (QED) is 0.722. The predicted octanol–water partition coefficient (Wildman–Crippen LogP) is 2.89. The molecular weight excluding hydrogens is 336 g/mol. The van der Waals surface area contributed by atoms with Crippen LogP contribution in [0.25, 0.3) is 10.6 Å². The number of aromatic nitrogens is 3. The number of nitrogens with zero attached hydrogens (tertiary/aromatic N) is 4. The number of benzene rings is 1. The Bertz CT molecular complexity index is 854. The van der Waals surface area contributed by atoms with Gasteiger partial charge < -0.3 is 9.64 Å². The monoisotopic (exact) mass is 352 g/mol. The van der Waals surface area contributed by atoms with E-state index in [9.17, 15) is 4.79 Å². The molecule has 1 aliphatic heterocycles. The molecule has 1 saturated heterocycles. The molecule has 3 aromatic rings. The smallest absolute Gasteiger partial charge is 0.273 e. The lowest BCUT2D eigenvalue weighted by molar-refractivity contribution is 0.0766. The second kappa shape index (κ2) is 6.98. The zero-order chi connectivity index (χ0) is 17.1. The highest BCUT2D eigenvalue weighted by Gasteiger charge is 2.29. The molecule has 4 rings (SSSR count). The van der Waals surface area contributed by atoms with Crippen molar-refractivity contribution in [3.8, 4) is 16.5 Å². The Hall–Kier alpha value is -2.80. The molecule has 0 radical (unpaired) electrons. The van der Waals surface area contributed by atoms with Crippen molar-refractivity contribution < 1.29 is 9.53 Å². The summed E-state index contributed by atoms with van der Waals surface area (Å²) in [5, 5.41) is 10.4. The summed E-state index contributed by atoms with van der Waals surface area (Å²) in [6, 6.07) is 13.4. The van der Waals surface area contributed by atoms with Crippen LogP contribution in [0.3, 0.4) is 0 Å². The lowest BCUT2D eigenvalue weighted by Gasteiger charge is -2.15. The van der Waals surface area contributed by atoms with Crippen LogP contribution in [0.15, 0.2) is 54.0 Å². The van der Waals surface area contributed by atoms with Gasteiger partial charge in [-0.25, -0.2) is 4.98 Å². The highest BCUT2D eigenvalue weighted by molar-refractivity contribution is 7.13. The van der Waals surface area contributed by atoms with Crippen LogP contribution in [-0.2, 0) is 0 Å². The van der Waals surface area contributed by atoms with Gasteiger partial charge in [0.2, 0.25) is 5.88 Å². The van der Waals surface area contributed by atoms with Gasteiger partial charge >= 0.3 is 0 Å². The van der Waals surface area contributed by atoms with Gasteiger partial charge in [0, 0.05) is 36.2 Å². The van der Waals surface area contributed by atoms with Gasteiger partial charge in [0.1, 0.15) is 16.8 Å². The fraction of sp³-hybridized carbons (Fsp3) is 0.222. The maximum absolute atomic E-state index is 12.7. The van der Waals surface area contributed by atoms with E-state index in [0.717, 1.165) is 17.0 Å². The molecule has 25 heavy (non-hydrogen) atoms. The predicted molar refractivity (Wildman–Crippen MR) is 94.5 cm³/mol. The molecule has 1 aliphatic rings. The van der Waals surface area contributed by atoms with Crippen LogP contribution in [0.4, 0.5) is 0 Å². The van der Waals surface area contributed by atoms with Gasteiger partial charge in [-0.15, -0.1) is 16.4 Å². The summed E-state index contributed by atoms with van der Waals surface area (Å²) in [4.78, 5) is 19.0. The molecule has 6 nitrogen and oxygen atoms in total. The molecule has 3 heterocycles. The van der Waals surface area contributed by atoms with E-state index in [4.69, 9.17) is 4.74 Å². The molecule has 0 aliphatic carbocycles. The first kappa shape index (κ1) is 15.7. The number of likely N-dealkylation sites (tertiary alicyclic amines) is 1. The van der Waals surface area contributed by atoms with Crippen LogP contribution in [0, 0.1) is 0 Å². The van der Waals surface area contributed by atoms with E-state index in [-0.39, 0.29) is 12.0 Å². The lowest BCUT2D eigenvalue weighted by Crippen LogP contribution is -2.31. The van der Waals surface area contributed by atoms with Crippen molar-refractivity contribution in [3.05, 3.63) is 59.7 Å². The van der Waals surface area contributed by atoms with Gasteiger partial charge in [0.15, 0.2) is 0 Å². The molecule has 2 aromatic heterocycles. The Kier molecular flexibility index (Phi) is 4.39. The average molecular weight is 352 g/mol. The average Bonchev–Trinajstić information content (AvgIpc) is 3.33. The summed E-state index contributed by atoms with van der Waals surface area (Å²) in [6.45, 7) is 1.19. The van der Waals surface area contributed by atoms with Crippen molar-refractivity contribution in [2.45, 2.75) is 12.5 Å². The van der Waals surface area contributed by atoms with Gasteiger partial charge in [-0.2, -0.15) is 5.10 Å². The SMILES string of the molecule is O=C(c1csc(-c2ccccc2)n1)N1CCC(Oc2cccnn2)C1. The highest BCUT2D eigenvalue weighted by Crippen LogP contribution is 2.25. The molecular formula is C18H16N4O2S. The normalized spacial score (nSPS) is 16.8. The number of amides is 1. The minimum absolute atomic E-state index is 0.0522. The Balaban J connectivity index is 1.41. The van der Waals surface area contributed by atoms with E-state index in [1.165, 1.54) is 11.3 Å². The minimum Gasteiger partial charge on any atom is -0.471 e. The molecule has 1 unspecified atom stereocenters. The maximum Gasteiger partial charge on any atom is 0.273 e. The van der Waals surface area contributed by atoms with Gasteiger partial charge in [-0.1, -0.05) is 30.3 Å². The third-order valence-electron chi connectivity index (χ3n) is 4.01. The van der Waals surface area contributed by atoms with E-state index in [2.05, 4.69) is 15.2 Å². The Morgan fingerprint density at radius 3 is 2.88 bits per heavy atom. The van der Waals surface area contributed by atoms with Crippen LogP contribution in [0.2, 0.25) is 0 Å². The third-order valence-corrected chi connectivity index (χ3v) is 4.90. The van der Waals surface area contributed by atoms with Crippen LogP contribution in [0.1, 0.15) is 16.9 Å². The van der Waals surface area contributed by atoms with E-state index < -0.39 is 0 Å². The van der Waals surface area contributed by atoms with Gasteiger partial charge in [0.25, 0.3) is 5.91 Å². The summed E-state index contributed by atoms with van der Waals surface area (Å²) < 4.78 is 5.78. The molecule has 1 fully saturated rings. The first-order chi connectivity index (χ1) is 12.3. The molecule has 0 saturated carbocycles. The first-order valence-corrected chi connectivity index (χ1v) is 8.92. The fourth-order valence-corrected chi connectivity index (χ4v) is 3.58. The summed E-state index contributed by atoms with van der Waals surface area (Å²) in [5.74, 6) is 0.436. The fourth-order valence-electron chi connectivity index (χ4n) is 2.78. The van der Waals surface area contributed by atoms with Crippen LogP contribution >= 0.6 is 11.3 Å². The van der Waals surface area contributed by atoms with E-state index in [1.54, 1.807) is 23.2 Å². The van der Waals surface area contributed by atoms with E-state index in [1.807, 2.05) is 35.7 Å². The number of carbonyl (C=O) groups is 1. The third kappa shape index (κ3) is 3.51. The summed E-state index contributed by atoms with van der Waals surface area (Å²) in [5.41, 5.74) is 1.51. The topological polar surface area (TPSA) is 68.2 Å². The van der Waals surface area contributed by atoms with Crippen molar-refractivity contribution in [3.63, 3.8) is 0 Å². The molecule has 7 heteroatoms. The zero-order valence-corrected chi connectivity index (χ0v) is 14.2. The molecule has 0 spiro atoms. The summed E-state index contributed by atoms with van der Waals surface area (Å²) >= 11 is 1.49. The highest BCUT2D eigenvalue weighted by atomic mass is 32.1. The number of thiazole rings is 1. The zero-order valence-electron chi connectivity index (χ0n) is 13.4. The molecule has 0 N–H and O–H groups in total. The number of hydrogen-bond donors (Lipinski definition) is 0. The lowest BCUT2D eigenvalue weighted by atomic mass is 10.2. The molecule has 1 atom stereocenters. The maximum atomic E-state index is 12.7. The number of hydrogen-bond acceptors (Lipinski definition) is 6. The van der Waals surface area contributed by atoms with Gasteiger partial charge in [-0.05, 0) is 6.07 Å². The standard InChI is InChI=1S/C18H16N4O2S/c23-18(15-12-25-17(20-15)13-5-2-1-3-6-13)22-10-8-14(11-22)24-16-7-4-9-19-21-16/h1-7,9,12,14H,8,10-11H2. The summed E-state index contributed by atoms with van der Waals surface area (Å²) in [6.07, 6.45) is 2.31. The van der Waals surface area contributed by atoms with E-state index in [0.29, 0.717) is 24.7 Å². The second-order valence-corrected chi connectivity index (χ2v) is 6.60. The van der Waals surface area contributed by atoms with Crippen molar-refractivity contribution >= 4 is 17.2 Å². The van der Waals surface area contributed by atoms with Gasteiger partial charge in [0.05, 0.1) is 6.54 Å². The van der Waals surface area contributed by atoms with Crippen LogP contribution in [0.5, 0.6) is 5.88 Å². The van der Waals surface area contributed by atoms with E-state index >= 15 is 0 Å². The summed E-state index contributed by atoms with van der Waals surface area (Å²) in [7, 11) is 0. The van der Waals surface area contributed by atoms with Crippen molar-refractivity contribution in [2.24, 2.45) is 0 Å². The van der Waals surface area contributed by atoms with Gasteiger partial charge in [-0.3, -0.25) is 4.79 Å². The first-order valence-electron chi connectivity index (χ1n) is 8.04. The Labute approximate surface area is 149 Å². The molecule has 0 bridgehead atoms. The van der Waals surface area contributed by atoms with Crippen LogP contribution in [-0.4, -0.2) is 45.2 Å². The second-order valence-electron chi connectivity index (χ2n) is 5.75. The van der Waals surface area contributed by atoms with Crippen molar-refractivity contribution in [1.82, 2.24) is 20.1 Å². The number of carbonyl (C=O) groups excluding carboxylic acids is 1. The minimum atomic E-state index is -0.0621. The largest absolute Gasteiger partial charge is 0.471 e. The van der Waals surface area contributed by atoms with Crippen molar-refractivity contribution in [1.29, 1.82) is 0 Å². The van der Waals surface area contributed by atoms with Crippen LogP contribution < -0.4 is 4.74 Å². The Morgan fingerprint density at radius 1 is 1.20 bits per heavy atom. The Morgan fingerprint density at radius 2 is 2.08 bits per heavy atom. The molecule has 126 valence electrons. The molecule has 1 aromatic carbocycles. The number of rotatable bonds is 4. The van der Waals surface area contributed by atoms with Crippen molar-refractivity contribution in [2.75, 3.05) is 13.1 Å². The number of ether oxygens (including phenoxy) is 1.